The number of halogens is 1. The molecule has 1 saturated heterocycles. The van der Waals surface area contributed by atoms with E-state index in [1.165, 1.54) is 0 Å². The van der Waals surface area contributed by atoms with Crippen LogP contribution in [0, 0.1) is 13.8 Å². The molecule has 1 amide bonds. The van der Waals surface area contributed by atoms with Crippen LogP contribution in [0.3, 0.4) is 0 Å². The molecule has 2 atom stereocenters. The number of aliphatic hydroxyl groups excluding tert-OH is 1. The van der Waals surface area contributed by atoms with Gasteiger partial charge >= 0.3 is 0 Å². The minimum absolute atomic E-state index is 0.0650. The van der Waals surface area contributed by atoms with Gasteiger partial charge in [0.1, 0.15) is 24.3 Å². The third kappa shape index (κ3) is 4.77. The Morgan fingerprint density at radius 3 is 2.51 bits per heavy atom. The third-order valence-electron chi connectivity index (χ3n) is 6.49. The molecule has 0 radical (unpaired) electrons. The lowest BCUT2D eigenvalue weighted by Gasteiger charge is -2.19. The minimum atomic E-state index is -0.759. The first-order valence-corrected chi connectivity index (χ1v) is 12.2. The molecule has 7 heteroatoms. The molecule has 1 aliphatic rings. The Hall–Kier alpha value is -3.35. The molecule has 35 heavy (non-hydrogen) atoms. The van der Waals surface area contributed by atoms with E-state index in [4.69, 9.17) is 21.3 Å². The number of fused-ring (bicyclic) bond motifs is 1. The van der Waals surface area contributed by atoms with Gasteiger partial charge in [0.2, 0.25) is 5.91 Å². The lowest BCUT2D eigenvalue weighted by molar-refractivity contribution is -0.117. The molecular formula is C28H28ClN3O3. The number of amides is 1. The summed E-state index contributed by atoms with van der Waals surface area (Å²) in [6.45, 7) is 4.88. The number of carbonyl (C=O) groups is 1. The number of nitrogens with zero attached hydrogens (tertiary/aromatic N) is 3. The van der Waals surface area contributed by atoms with Crippen LogP contribution in [0.25, 0.3) is 11.0 Å². The fraction of sp³-hybridized carbons (Fsp3) is 0.286. The topological polar surface area (TPSA) is 67.6 Å². The summed E-state index contributed by atoms with van der Waals surface area (Å²) in [5.74, 6) is 1.51. The number of para-hydroxylation sites is 3. The second kappa shape index (κ2) is 9.72. The number of benzene rings is 3. The van der Waals surface area contributed by atoms with Crippen LogP contribution in [0.4, 0.5) is 5.69 Å². The number of rotatable bonds is 7. The van der Waals surface area contributed by atoms with Crippen molar-refractivity contribution < 1.29 is 14.6 Å². The lowest BCUT2D eigenvalue weighted by Crippen LogP contribution is -2.26. The molecule has 1 aromatic heterocycles. The van der Waals surface area contributed by atoms with Crippen molar-refractivity contribution in [3.05, 3.63) is 88.7 Å². The Kier molecular flexibility index (Phi) is 6.50. The zero-order valence-corrected chi connectivity index (χ0v) is 20.6. The molecule has 6 nitrogen and oxygen atoms in total. The first-order valence-electron chi connectivity index (χ1n) is 11.8. The monoisotopic (exact) mass is 489 g/mol. The Labute approximate surface area is 209 Å². The van der Waals surface area contributed by atoms with Crippen LogP contribution in [-0.2, 0) is 11.3 Å². The maximum absolute atomic E-state index is 12.9. The number of aromatic nitrogens is 2. The van der Waals surface area contributed by atoms with Gasteiger partial charge in [-0.05, 0) is 61.4 Å². The zero-order chi connectivity index (χ0) is 24.5. The fourth-order valence-electron chi connectivity index (χ4n) is 4.78. The number of hydrogen-bond donors (Lipinski definition) is 1. The molecule has 0 spiro atoms. The van der Waals surface area contributed by atoms with Crippen LogP contribution in [0.1, 0.15) is 29.3 Å². The Morgan fingerprint density at radius 2 is 1.77 bits per heavy atom. The van der Waals surface area contributed by atoms with E-state index < -0.39 is 6.10 Å². The van der Waals surface area contributed by atoms with E-state index in [0.29, 0.717) is 25.3 Å². The highest BCUT2D eigenvalue weighted by Crippen LogP contribution is 2.33. The number of anilines is 1. The number of imidazole rings is 1. The summed E-state index contributed by atoms with van der Waals surface area (Å²) in [7, 11) is 0. The summed E-state index contributed by atoms with van der Waals surface area (Å²) >= 11 is 6.26. The number of aliphatic hydroxyl groups is 1. The van der Waals surface area contributed by atoms with Gasteiger partial charge in [-0.2, -0.15) is 0 Å². The SMILES string of the molecule is Cc1cc(OC[C@@H](O)Cn2c([C@H]3CC(=O)N(c4ccccc4)C3)nc3ccccc32)cc(C)c1Cl. The minimum Gasteiger partial charge on any atom is -0.491 e. The predicted octanol–water partition coefficient (Wildman–Crippen LogP) is 5.27. The van der Waals surface area contributed by atoms with Crippen LogP contribution in [-0.4, -0.2) is 39.8 Å². The highest BCUT2D eigenvalue weighted by Gasteiger charge is 2.35. The Morgan fingerprint density at radius 1 is 1.09 bits per heavy atom. The van der Waals surface area contributed by atoms with Gasteiger partial charge in [0.05, 0.1) is 17.6 Å². The predicted molar refractivity (Wildman–Crippen MR) is 138 cm³/mol. The van der Waals surface area contributed by atoms with E-state index in [1.807, 2.05) is 90.0 Å². The number of hydrogen-bond acceptors (Lipinski definition) is 4. The van der Waals surface area contributed by atoms with E-state index in [2.05, 4.69) is 0 Å². The third-order valence-corrected chi connectivity index (χ3v) is 7.08. The van der Waals surface area contributed by atoms with Crippen molar-refractivity contribution in [1.82, 2.24) is 9.55 Å². The molecule has 1 aliphatic heterocycles. The molecule has 1 N–H and O–H groups in total. The average molecular weight is 490 g/mol. The van der Waals surface area contributed by atoms with Gasteiger partial charge in [-0.25, -0.2) is 4.98 Å². The maximum Gasteiger partial charge on any atom is 0.227 e. The molecule has 2 heterocycles. The van der Waals surface area contributed by atoms with Crippen molar-refractivity contribution in [2.45, 2.75) is 38.8 Å². The van der Waals surface area contributed by atoms with Crippen molar-refractivity contribution in [3.8, 4) is 5.75 Å². The van der Waals surface area contributed by atoms with Gasteiger partial charge in [-0.15, -0.1) is 0 Å². The van der Waals surface area contributed by atoms with Crippen molar-refractivity contribution in [3.63, 3.8) is 0 Å². The van der Waals surface area contributed by atoms with E-state index in [9.17, 15) is 9.90 Å². The van der Waals surface area contributed by atoms with Gasteiger partial charge in [-0.1, -0.05) is 41.9 Å². The molecule has 0 bridgehead atoms. The quantitative estimate of drug-likeness (QED) is 0.384. The van der Waals surface area contributed by atoms with Crippen LogP contribution < -0.4 is 9.64 Å². The molecular weight excluding hydrogens is 462 g/mol. The highest BCUT2D eigenvalue weighted by atomic mass is 35.5. The van der Waals surface area contributed by atoms with E-state index in [1.54, 1.807) is 0 Å². The zero-order valence-electron chi connectivity index (χ0n) is 19.8. The smallest absolute Gasteiger partial charge is 0.227 e. The summed E-state index contributed by atoms with van der Waals surface area (Å²) in [6, 6.07) is 21.3. The molecule has 0 saturated carbocycles. The van der Waals surface area contributed by atoms with Crippen LogP contribution >= 0.6 is 11.6 Å². The normalized spacial score (nSPS) is 16.7. The van der Waals surface area contributed by atoms with Crippen LogP contribution in [0.15, 0.2) is 66.7 Å². The van der Waals surface area contributed by atoms with Gasteiger partial charge in [0.15, 0.2) is 0 Å². The molecule has 1 fully saturated rings. The lowest BCUT2D eigenvalue weighted by atomic mass is 10.1. The van der Waals surface area contributed by atoms with Crippen LogP contribution in [0.2, 0.25) is 5.02 Å². The summed E-state index contributed by atoms with van der Waals surface area (Å²) in [5, 5.41) is 11.6. The van der Waals surface area contributed by atoms with Gasteiger partial charge in [0.25, 0.3) is 0 Å². The largest absolute Gasteiger partial charge is 0.491 e. The molecule has 0 unspecified atom stereocenters. The number of ether oxygens (including phenoxy) is 1. The van der Waals surface area contributed by atoms with E-state index in [0.717, 1.165) is 38.7 Å². The van der Waals surface area contributed by atoms with Crippen molar-refractivity contribution in [2.75, 3.05) is 18.1 Å². The summed E-state index contributed by atoms with van der Waals surface area (Å²) in [5.41, 5.74) is 4.56. The number of carbonyl (C=O) groups excluding carboxylic acids is 1. The van der Waals surface area contributed by atoms with Gasteiger partial charge < -0.3 is 19.3 Å². The van der Waals surface area contributed by atoms with Gasteiger partial charge in [0, 0.05) is 29.6 Å². The molecule has 0 aliphatic carbocycles. The number of aryl methyl sites for hydroxylation is 2. The van der Waals surface area contributed by atoms with Crippen molar-refractivity contribution in [1.29, 1.82) is 0 Å². The average Bonchev–Trinajstić information content (AvgIpc) is 3.42. The second-order valence-corrected chi connectivity index (χ2v) is 9.52. The summed E-state index contributed by atoms with van der Waals surface area (Å²) < 4.78 is 7.93. The maximum atomic E-state index is 12.9. The van der Waals surface area contributed by atoms with Crippen molar-refractivity contribution >= 4 is 34.2 Å². The highest BCUT2D eigenvalue weighted by molar-refractivity contribution is 6.32. The second-order valence-electron chi connectivity index (χ2n) is 9.15. The fourth-order valence-corrected chi connectivity index (χ4v) is 4.89. The molecule has 180 valence electrons. The van der Waals surface area contributed by atoms with Crippen LogP contribution in [0.5, 0.6) is 5.75 Å². The summed E-state index contributed by atoms with van der Waals surface area (Å²) in [4.78, 5) is 19.6. The first kappa shape index (κ1) is 23.4. The Balaban J connectivity index is 1.37. The summed E-state index contributed by atoms with van der Waals surface area (Å²) in [6.07, 6.45) is -0.376. The standard InChI is InChI=1S/C28H28ClN3O3/c1-18-12-23(13-19(2)27(18)29)35-17-22(33)16-32-25-11-7-6-10-24(25)30-28(32)20-14-26(34)31(15-20)21-8-4-3-5-9-21/h3-13,20,22,33H,14-17H2,1-2H3/t20-,22-/m0/s1. The van der Waals surface area contributed by atoms with Gasteiger partial charge in [-0.3, -0.25) is 4.79 Å². The first-order chi connectivity index (χ1) is 16.9. The Bertz CT molecular complexity index is 1350. The van der Waals surface area contributed by atoms with Crippen molar-refractivity contribution in [2.24, 2.45) is 0 Å². The van der Waals surface area contributed by atoms with E-state index in [-0.39, 0.29) is 18.4 Å². The molecule has 3 aromatic carbocycles. The van der Waals surface area contributed by atoms with E-state index >= 15 is 0 Å². The molecule has 5 rings (SSSR count). The molecule has 4 aromatic rings.